The van der Waals surface area contributed by atoms with Crippen molar-refractivity contribution in [3.8, 4) is 0 Å². The van der Waals surface area contributed by atoms with E-state index in [1.165, 1.54) is 161 Å². The van der Waals surface area contributed by atoms with E-state index in [0.29, 0.717) is 0 Å². The molecule has 0 bridgehead atoms. The molecule has 176 valence electrons. The first-order valence-electron chi connectivity index (χ1n) is 14.3. The van der Waals surface area contributed by atoms with Crippen molar-refractivity contribution in [2.24, 2.45) is 5.92 Å². The van der Waals surface area contributed by atoms with E-state index < -0.39 is 0 Å². The molecule has 0 aromatic rings. The Balaban J connectivity index is 3.80. The highest BCUT2D eigenvalue weighted by molar-refractivity contribution is 4.62. The average Bonchev–Trinajstić information content (AvgIpc) is 2.73. The first-order valence-corrected chi connectivity index (χ1v) is 14.3. The lowest BCUT2D eigenvalue weighted by molar-refractivity contribution is 0.365. The predicted molar refractivity (Wildman–Crippen MR) is 136 cm³/mol. The van der Waals surface area contributed by atoms with E-state index in [1.54, 1.807) is 0 Å². The zero-order valence-electron chi connectivity index (χ0n) is 21.3. The van der Waals surface area contributed by atoms with E-state index in [0.717, 1.165) is 5.92 Å². The summed E-state index contributed by atoms with van der Waals surface area (Å²) in [4.78, 5) is 0. The first kappa shape index (κ1) is 29.0. The predicted octanol–water partition coefficient (Wildman–Crippen LogP) is 11.4. The summed E-state index contributed by atoms with van der Waals surface area (Å²) >= 11 is 0. The van der Waals surface area contributed by atoms with Crippen LogP contribution < -0.4 is 0 Å². The van der Waals surface area contributed by atoms with E-state index in [1.807, 2.05) is 0 Å². The highest BCUT2D eigenvalue weighted by Gasteiger charge is 2.08. The van der Waals surface area contributed by atoms with Crippen LogP contribution in [0.2, 0.25) is 0 Å². The number of unbranched alkanes of at least 4 members (excludes halogenated alkanes) is 19. The molecule has 0 aliphatic rings. The fourth-order valence-electron chi connectivity index (χ4n) is 4.78. The quantitative estimate of drug-likeness (QED) is 0.132. The molecule has 0 aromatic carbocycles. The Bertz CT molecular complexity index is 251. The second kappa shape index (κ2) is 26.0. The molecule has 0 fully saturated rings. The molecule has 0 aromatic heterocycles. The molecule has 0 radical (unpaired) electrons. The van der Waals surface area contributed by atoms with Crippen molar-refractivity contribution in [2.45, 2.75) is 181 Å². The van der Waals surface area contributed by atoms with Crippen molar-refractivity contribution >= 4 is 0 Å². The topological polar surface area (TPSA) is 0 Å². The van der Waals surface area contributed by atoms with Crippen molar-refractivity contribution in [2.75, 3.05) is 0 Å². The molecular formula is C29H60. The molecule has 0 unspecified atom stereocenters. The zero-order chi connectivity index (χ0) is 21.3. The Labute approximate surface area is 187 Å². The summed E-state index contributed by atoms with van der Waals surface area (Å²) in [5.74, 6) is 1.04. The standard InChI is InChI=1S/C29H60/c1-4-7-10-13-16-19-22-25-28-29(26-23-20-17-14-11-8-5-2)27-24-21-18-15-12-9-6-3/h29H,4-28H2,1-3H3. The van der Waals surface area contributed by atoms with Gasteiger partial charge in [0.1, 0.15) is 0 Å². The van der Waals surface area contributed by atoms with Crippen LogP contribution in [0.3, 0.4) is 0 Å². The van der Waals surface area contributed by atoms with Crippen LogP contribution in [0.4, 0.5) is 0 Å². The van der Waals surface area contributed by atoms with Gasteiger partial charge in [-0.25, -0.2) is 0 Å². The lowest BCUT2D eigenvalue weighted by Crippen LogP contribution is -2.01. The molecule has 0 saturated heterocycles. The molecule has 0 nitrogen and oxygen atoms in total. The number of rotatable bonds is 25. The second-order valence-electron chi connectivity index (χ2n) is 9.95. The normalized spacial score (nSPS) is 11.6. The fourth-order valence-corrected chi connectivity index (χ4v) is 4.78. The van der Waals surface area contributed by atoms with E-state index in [2.05, 4.69) is 20.8 Å². The third-order valence-corrected chi connectivity index (χ3v) is 6.90. The van der Waals surface area contributed by atoms with Gasteiger partial charge in [-0.05, 0) is 5.92 Å². The van der Waals surface area contributed by atoms with Gasteiger partial charge in [0.15, 0.2) is 0 Å². The van der Waals surface area contributed by atoms with E-state index in [9.17, 15) is 0 Å². The molecule has 0 heteroatoms. The summed E-state index contributed by atoms with van der Waals surface area (Å²) in [6, 6.07) is 0. The Morgan fingerprint density at radius 3 is 0.724 bits per heavy atom. The summed E-state index contributed by atoms with van der Waals surface area (Å²) in [5, 5.41) is 0. The van der Waals surface area contributed by atoms with Crippen LogP contribution >= 0.6 is 0 Å². The minimum atomic E-state index is 1.04. The van der Waals surface area contributed by atoms with Crippen molar-refractivity contribution < 1.29 is 0 Å². The first-order chi connectivity index (χ1) is 14.3. The minimum Gasteiger partial charge on any atom is -0.0654 e. The van der Waals surface area contributed by atoms with E-state index in [-0.39, 0.29) is 0 Å². The number of hydrogen-bond acceptors (Lipinski definition) is 0. The minimum absolute atomic E-state index is 1.04. The lowest BCUT2D eigenvalue weighted by Gasteiger charge is -2.17. The van der Waals surface area contributed by atoms with Gasteiger partial charge in [-0.2, -0.15) is 0 Å². The summed E-state index contributed by atoms with van der Waals surface area (Å²) in [6.45, 7) is 6.95. The smallest absolute Gasteiger partial charge is 0.0414 e. The maximum atomic E-state index is 2.32. The van der Waals surface area contributed by atoms with Crippen molar-refractivity contribution in [3.63, 3.8) is 0 Å². The Morgan fingerprint density at radius 1 is 0.276 bits per heavy atom. The summed E-state index contributed by atoms with van der Waals surface area (Å²) < 4.78 is 0. The van der Waals surface area contributed by atoms with Crippen LogP contribution in [0.25, 0.3) is 0 Å². The van der Waals surface area contributed by atoms with Gasteiger partial charge in [0, 0.05) is 0 Å². The average molecular weight is 409 g/mol. The Kier molecular flexibility index (Phi) is 26.0. The molecule has 0 aliphatic heterocycles. The molecule has 0 heterocycles. The molecule has 0 atom stereocenters. The van der Waals surface area contributed by atoms with Crippen LogP contribution in [0.15, 0.2) is 0 Å². The van der Waals surface area contributed by atoms with Gasteiger partial charge in [-0.1, -0.05) is 181 Å². The third kappa shape index (κ3) is 24.1. The van der Waals surface area contributed by atoms with Crippen LogP contribution in [-0.2, 0) is 0 Å². The van der Waals surface area contributed by atoms with Crippen LogP contribution in [0, 0.1) is 5.92 Å². The van der Waals surface area contributed by atoms with Crippen molar-refractivity contribution in [1.82, 2.24) is 0 Å². The summed E-state index contributed by atoms with van der Waals surface area (Å²) in [5.41, 5.74) is 0. The Hall–Kier alpha value is 0. The molecule has 0 amide bonds. The molecule has 0 rings (SSSR count). The van der Waals surface area contributed by atoms with Gasteiger partial charge in [0.2, 0.25) is 0 Å². The van der Waals surface area contributed by atoms with Crippen LogP contribution in [0.5, 0.6) is 0 Å². The summed E-state index contributed by atoms with van der Waals surface area (Å²) in [6.07, 6.45) is 36.8. The summed E-state index contributed by atoms with van der Waals surface area (Å²) in [7, 11) is 0. The van der Waals surface area contributed by atoms with Crippen molar-refractivity contribution in [3.05, 3.63) is 0 Å². The molecule has 0 N–H and O–H groups in total. The molecule has 0 spiro atoms. The number of hydrogen-bond donors (Lipinski definition) is 0. The van der Waals surface area contributed by atoms with Gasteiger partial charge in [-0.3, -0.25) is 0 Å². The highest BCUT2D eigenvalue weighted by Crippen LogP contribution is 2.25. The van der Waals surface area contributed by atoms with Crippen molar-refractivity contribution in [1.29, 1.82) is 0 Å². The van der Waals surface area contributed by atoms with Gasteiger partial charge in [-0.15, -0.1) is 0 Å². The maximum Gasteiger partial charge on any atom is -0.0414 e. The van der Waals surface area contributed by atoms with Crippen LogP contribution in [0.1, 0.15) is 181 Å². The fraction of sp³-hybridized carbons (Fsp3) is 1.00. The Morgan fingerprint density at radius 2 is 0.483 bits per heavy atom. The van der Waals surface area contributed by atoms with Gasteiger partial charge in [0.25, 0.3) is 0 Å². The third-order valence-electron chi connectivity index (χ3n) is 6.90. The van der Waals surface area contributed by atoms with Gasteiger partial charge in [0.05, 0.1) is 0 Å². The monoisotopic (exact) mass is 408 g/mol. The van der Waals surface area contributed by atoms with Crippen LogP contribution in [-0.4, -0.2) is 0 Å². The zero-order valence-corrected chi connectivity index (χ0v) is 21.3. The SMILES string of the molecule is CCCCCCCCCCC(CCCCCCCCC)CCCCCCCCC. The lowest BCUT2D eigenvalue weighted by atomic mass is 9.89. The molecule has 0 saturated carbocycles. The van der Waals surface area contributed by atoms with E-state index in [4.69, 9.17) is 0 Å². The second-order valence-corrected chi connectivity index (χ2v) is 9.95. The maximum absolute atomic E-state index is 2.32. The molecule has 0 aliphatic carbocycles. The van der Waals surface area contributed by atoms with Gasteiger partial charge < -0.3 is 0 Å². The van der Waals surface area contributed by atoms with E-state index >= 15 is 0 Å². The highest BCUT2D eigenvalue weighted by atomic mass is 14.1. The largest absolute Gasteiger partial charge is 0.0654 e. The molecular weight excluding hydrogens is 348 g/mol. The van der Waals surface area contributed by atoms with Gasteiger partial charge >= 0.3 is 0 Å². The molecule has 29 heavy (non-hydrogen) atoms.